The Labute approximate surface area is 251 Å². The number of aliphatic carboxylic acids is 1. The average Bonchev–Trinajstić information content (AvgIpc) is 3.46. The van der Waals surface area contributed by atoms with Crippen molar-refractivity contribution in [3.05, 3.63) is 102 Å². The van der Waals surface area contributed by atoms with Gasteiger partial charge in [0.1, 0.15) is 11.5 Å². The van der Waals surface area contributed by atoms with Crippen molar-refractivity contribution in [2.24, 2.45) is 0 Å². The number of carbonyl (C=O) groups is 2. The van der Waals surface area contributed by atoms with Crippen LogP contribution in [-0.4, -0.2) is 40.4 Å². The van der Waals surface area contributed by atoms with Crippen LogP contribution in [0.15, 0.2) is 84.9 Å². The van der Waals surface area contributed by atoms with Gasteiger partial charge in [0.15, 0.2) is 5.78 Å². The fraction of sp³-hybridized carbons (Fsp3) is 0.250. The number of hydrogen-bond acceptors (Lipinski definition) is 5. The normalized spacial score (nSPS) is 11.8. The van der Waals surface area contributed by atoms with Gasteiger partial charge in [0, 0.05) is 29.5 Å². The Hall–Kier alpha value is -4.91. The van der Waals surface area contributed by atoms with Gasteiger partial charge in [-0.15, -0.1) is 0 Å². The van der Waals surface area contributed by atoms with Gasteiger partial charge in [-0.05, 0) is 79.9 Å². The van der Waals surface area contributed by atoms with Crippen molar-refractivity contribution in [3.63, 3.8) is 0 Å². The van der Waals surface area contributed by atoms with Crippen molar-refractivity contribution in [3.8, 4) is 34.0 Å². The standard InChI is InChI=1S/C36H36N2O5/c1-5-43-35-18-9-23(2)19-31(35)32-22-33(29-15-14-28-21-30(42-4)17-16-27(28)20-29)38(37-32)24(3)25-10-12-26(13-11-25)34(39)7-6-8-36(40)41/h9-22,24H,5-8H2,1-4H3,(H,40,41)/t24-/m0/s1. The number of Topliss-reactive ketones (excluding diaryl/α,β-unsaturated/α-hetero) is 1. The van der Waals surface area contributed by atoms with Crippen LogP contribution >= 0.6 is 0 Å². The van der Waals surface area contributed by atoms with Crippen LogP contribution in [-0.2, 0) is 4.79 Å². The summed E-state index contributed by atoms with van der Waals surface area (Å²) in [5.74, 6) is 0.649. The number of ketones is 1. The molecule has 1 N–H and O–H groups in total. The first kappa shape index (κ1) is 29.6. The zero-order valence-corrected chi connectivity index (χ0v) is 25.0. The van der Waals surface area contributed by atoms with Crippen LogP contribution in [0.2, 0.25) is 0 Å². The second kappa shape index (κ2) is 12.9. The van der Waals surface area contributed by atoms with Crippen LogP contribution in [0.25, 0.3) is 33.3 Å². The number of carbonyl (C=O) groups excluding carboxylic acids is 1. The number of rotatable bonds is 12. The van der Waals surface area contributed by atoms with Crippen LogP contribution < -0.4 is 9.47 Å². The number of aromatic nitrogens is 2. The van der Waals surface area contributed by atoms with Gasteiger partial charge >= 0.3 is 5.97 Å². The Morgan fingerprint density at radius 1 is 0.907 bits per heavy atom. The first-order valence-electron chi connectivity index (χ1n) is 14.5. The summed E-state index contributed by atoms with van der Waals surface area (Å²) in [5.41, 5.74) is 6.42. The molecule has 0 spiro atoms. The molecule has 7 heteroatoms. The molecule has 0 bridgehead atoms. The number of fused-ring (bicyclic) bond motifs is 1. The van der Waals surface area contributed by atoms with Crippen molar-refractivity contribution >= 4 is 22.5 Å². The van der Waals surface area contributed by atoms with E-state index in [-0.39, 0.29) is 24.7 Å². The van der Waals surface area contributed by atoms with Crippen molar-refractivity contribution in [2.45, 2.75) is 46.1 Å². The van der Waals surface area contributed by atoms with E-state index in [1.807, 2.05) is 60.1 Å². The predicted octanol–water partition coefficient (Wildman–Crippen LogP) is 8.13. The van der Waals surface area contributed by atoms with E-state index in [1.54, 1.807) is 7.11 Å². The third kappa shape index (κ3) is 6.61. The van der Waals surface area contributed by atoms with Gasteiger partial charge in [-0.3, -0.25) is 14.3 Å². The minimum Gasteiger partial charge on any atom is -0.497 e. The zero-order chi connectivity index (χ0) is 30.5. The Balaban J connectivity index is 1.55. The summed E-state index contributed by atoms with van der Waals surface area (Å²) >= 11 is 0. The van der Waals surface area contributed by atoms with E-state index < -0.39 is 5.97 Å². The number of methoxy groups -OCH3 is 1. The van der Waals surface area contributed by atoms with E-state index in [1.165, 1.54) is 0 Å². The van der Waals surface area contributed by atoms with Crippen LogP contribution in [0, 0.1) is 6.92 Å². The lowest BCUT2D eigenvalue weighted by molar-refractivity contribution is -0.137. The molecule has 4 aromatic carbocycles. The van der Waals surface area contributed by atoms with E-state index >= 15 is 0 Å². The molecule has 0 radical (unpaired) electrons. The molecule has 0 aliphatic heterocycles. The Bertz CT molecular complexity index is 1770. The molecular formula is C36H36N2O5. The summed E-state index contributed by atoms with van der Waals surface area (Å²) in [6, 6.07) is 28.0. The van der Waals surface area contributed by atoms with E-state index in [2.05, 4.69) is 50.2 Å². The fourth-order valence-corrected chi connectivity index (χ4v) is 5.31. The summed E-state index contributed by atoms with van der Waals surface area (Å²) in [4.78, 5) is 23.4. The molecule has 0 aliphatic rings. The predicted molar refractivity (Wildman–Crippen MR) is 169 cm³/mol. The molecule has 1 aromatic heterocycles. The van der Waals surface area contributed by atoms with Gasteiger partial charge in [-0.2, -0.15) is 5.10 Å². The highest BCUT2D eigenvalue weighted by molar-refractivity contribution is 5.96. The van der Waals surface area contributed by atoms with Gasteiger partial charge in [0.2, 0.25) is 0 Å². The molecule has 43 heavy (non-hydrogen) atoms. The summed E-state index contributed by atoms with van der Waals surface area (Å²) in [7, 11) is 1.67. The third-order valence-electron chi connectivity index (χ3n) is 7.67. The van der Waals surface area contributed by atoms with Gasteiger partial charge in [0.25, 0.3) is 0 Å². The summed E-state index contributed by atoms with van der Waals surface area (Å²) in [6.45, 7) is 6.67. The topological polar surface area (TPSA) is 90.7 Å². The smallest absolute Gasteiger partial charge is 0.303 e. The minimum atomic E-state index is -0.892. The molecule has 220 valence electrons. The van der Waals surface area contributed by atoms with Crippen LogP contribution in [0.4, 0.5) is 0 Å². The fourth-order valence-electron chi connectivity index (χ4n) is 5.31. The van der Waals surface area contributed by atoms with Gasteiger partial charge in [-0.25, -0.2) is 0 Å². The van der Waals surface area contributed by atoms with Gasteiger partial charge in [0.05, 0.1) is 31.1 Å². The molecule has 1 atom stereocenters. The van der Waals surface area contributed by atoms with Gasteiger partial charge < -0.3 is 14.6 Å². The van der Waals surface area contributed by atoms with Crippen molar-refractivity contribution in [1.29, 1.82) is 0 Å². The average molecular weight is 577 g/mol. The summed E-state index contributed by atoms with van der Waals surface area (Å²) in [5, 5.41) is 16.2. The van der Waals surface area contributed by atoms with Gasteiger partial charge in [-0.1, -0.05) is 54.1 Å². The monoisotopic (exact) mass is 576 g/mol. The SMILES string of the molecule is CCOc1ccc(C)cc1-c1cc(-c2ccc3cc(OC)ccc3c2)n([C@@H](C)c2ccc(C(=O)CCCC(=O)O)cc2)n1. The van der Waals surface area contributed by atoms with Crippen molar-refractivity contribution < 1.29 is 24.2 Å². The zero-order valence-electron chi connectivity index (χ0n) is 25.0. The number of nitrogens with zero attached hydrogens (tertiary/aromatic N) is 2. The molecule has 0 fully saturated rings. The number of benzene rings is 4. The lowest BCUT2D eigenvalue weighted by Crippen LogP contribution is -2.11. The lowest BCUT2D eigenvalue weighted by Gasteiger charge is -2.17. The largest absolute Gasteiger partial charge is 0.497 e. The summed E-state index contributed by atoms with van der Waals surface area (Å²) < 4.78 is 13.4. The van der Waals surface area contributed by atoms with E-state index in [0.29, 0.717) is 18.6 Å². The number of hydrogen-bond donors (Lipinski definition) is 1. The quantitative estimate of drug-likeness (QED) is 0.151. The molecule has 0 saturated carbocycles. The molecule has 0 aliphatic carbocycles. The minimum absolute atomic E-state index is 0.0144. The van der Waals surface area contributed by atoms with E-state index in [0.717, 1.165) is 55.9 Å². The second-order valence-electron chi connectivity index (χ2n) is 10.7. The molecule has 7 nitrogen and oxygen atoms in total. The van der Waals surface area contributed by atoms with E-state index in [9.17, 15) is 9.59 Å². The molecule has 0 saturated heterocycles. The second-order valence-corrected chi connectivity index (χ2v) is 10.7. The maximum absolute atomic E-state index is 12.6. The highest BCUT2D eigenvalue weighted by Gasteiger charge is 2.20. The first-order chi connectivity index (χ1) is 20.8. The number of ether oxygens (including phenoxy) is 2. The molecule has 5 aromatic rings. The first-order valence-corrected chi connectivity index (χ1v) is 14.5. The number of aryl methyl sites for hydroxylation is 1. The maximum Gasteiger partial charge on any atom is 0.303 e. The molecule has 1 heterocycles. The molecule has 5 rings (SSSR count). The number of carboxylic acids is 1. The highest BCUT2D eigenvalue weighted by atomic mass is 16.5. The van der Waals surface area contributed by atoms with Crippen LogP contribution in [0.5, 0.6) is 11.5 Å². The summed E-state index contributed by atoms with van der Waals surface area (Å²) in [6.07, 6.45) is 0.521. The highest BCUT2D eigenvalue weighted by Crippen LogP contribution is 2.36. The molecular weight excluding hydrogens is 540 g/mol. The Kier molecular flexibility index (Phi) is 8.90. The van der Waals surface area contributed by atoms with Crippen molar-refractivity contribution in [2.75, 3.05) is 13.7 Å². The number of carboxylic acid groups (broad SMARTS) is 1. The van der Waals surface area contributed by atoms with Crippen LogP contribution in [0.1, 0.15) is 60.6 Å². The molecule has 0 amide bonds. The van der Waals surface area contributed by atoms with Crippen LogP contribution in [0.3, 0.4) is 0 Å². The third-order valence-corrected chi connectivity index (χ3v) is 7.67. The molecule has 0 unspecified atom stereocenters. The van der Waals surface area contributed by atoms with Crippen molar-refractivity contribution in [1.82, 2.24) is 9.78 Å². The maximum atomic E-state index is 12.6. The lowest BCUT2D eigenvalue weighted by atomic mass is 10.0. The Morgan fingerprint density at radius 2 is 1.65 bits per heavy atom. The van der Waals surface area contributed by atoms with E-state index in [4.69, 9.17) is 19.7 Å². The Morgan fingerprint density at radius 3 is 2.37 bits per heavy atom.